The van der Waals surface area contributed by atoms with Crippen molar-refractivity contribution in [3.05, 3.63) is 24.3 Å². The maximum atomic E-state index is 3.53. The van der Waals surface area contributed by atoms with E-state index in [1.807, 2.05) is 0 Å². The maximum Gasteiger partial charge on any atom is 0.0343 e. The van der Waals surface area contributed by atoms with Crippen molar-refractivity contribution >= 4 is 17.4 Å². The fourth-order valence-electron chi connectivity index (χ4n) is 2.29. The molecule has 1 nitrogen and oxygen atoms in total. The van der Waals surface area contributed by atoms with E-state index in [9.17, 15) is 0 Å². The lowest BCUT2D eigenvalue weighted by atomic mass is 10.3. The summed E-state index contributed by atoms with van der Waals surface area (Å²) in [6.07, 6.45) is 8.37. The Bertz CT molecular complexity index is 336. The molecule has 0 radical (unpaired) electrons. The van der Waals surface area contributed by atoms with Crippen LogP contribution in [0.25, 0.3) is 0 Å². The molecule has 0 aliphatic heterocycles. The lowest BCUT2D eigenvalue weighted by molar-refractivity contribution is 0.886. The predicted octanol–water partition coefficient (Wildman–Crippen LogP) is 4.30. The Labute approximate surface area is 102 Å². The molecular formula is C14H19NS. The largest absolute Gasteiger partial charge is 0.382 e. The average molecular weight is 233 g/mol. The van der Waals surface area contributed by atoms with Gasteiger partial charge in [-0.05, 0) is 49.9 Å². The summed E-state index contributed by atoms with van der Waals surface area (Å²) in [5, 5.41) is 4.40. The van der Waals surface area contributed by atoms with Crippen LogP contribution in [0.1, 0.15) is 38.5 Å². The Morgan fingerprint density at radius 1 is 0.938 bits per heavy atom. The molecule has 1 N–H and O–H groups in total. The van der Waals surface area contributed by atoms with Gasteiger partial charge in [0.05, 0.1) is 0 Å². The number of nitrogens with one attached hydrogen (secondary N) is 1. The first-order chi connectivity index (χ1) is 7.90. The topological polar surface area (TPSA) is 12.0 Å². The second-order valence-corrected chi connectivity index (χ2v) is 6.34. The van der Waals surface area contributed by atoms with E-state index in [-0.39, 0.29) is 0 Å². The highest BCUT2D eigenvalue weighted by molar-refractivity contribution is 8.00. The van der Waals surface area contributed by atoms with E-state index in [1.54, 1.807) is 0 Å². The SMILES string of the molecule is c1cc(SC2CCCC2)ccc1NC1CC1. The summed E-state index contributed by atoms with van der Waals surface area (Å²) in [5.74, 6) is 0. The molecule has 3 rings (SSSR count). The monoisotopic (exact) mass is 233 g/mol. The fraction of sp³-hybridized carbons (Fsp3) is 0.571. The second-order valence-electron chi connectivity index (χ2n) is 4.97. The van der Waals surface area contributed by atoms with Crippen molar-refractivity contribution in [2.24, 2.45) is 0 Å². The molecule has 0 amide bonds. The summed E-state index contributed by atoms with van der Waals surface area (Å²) in [5.41, 5.74) is 1.29. The van der Waals surface area contributed by atoms with Gasteiger partial charge in [-0.1, -0.05) is 12.8 Å². The van der Waals surface area contributed by atoms with Crippen molar-refractivity contribution in [3.8, 4) is 0 Å². The smallest absolute Gasteiger partial charge is 0.0343 e. The lowest BCUT2D eigenvalue weighted by Gasteiger charge is -2.09. The fourth-order valence-corrected chi connectivity index (χ4v) is 3.54. The zero-order chi connectivity index (χ0) is 10.8. The van der Waals surface area contributed by atoms with E-state index in [0.29, 0.717) is 0 Å². The Hall–Kier alpha value is -0.630. The maximum absolute atomic E-state index is 3.53. The molecule has 1 aromatic rings. The van der Waals surface area contributed by atoms with Crippen LogP contribution in [0, 0.1) is 0 Å². The van der Waals surface area contributed by atoms with Crippen molar-refractivity contribution in [2.75, 3.05) is 5.32 Å². The molecule has 1 aromatic carbocycles. The number of rotatable bonds is 4. The number of hydrogen-bond acceptors (Lipinski definition) is 2. The zero-order valence-corrected chi connectivity index (χ0v) is 10.4. The Morgan fingerprint density at radius 2 is 1.62 bits per heavy atom. The van der Waals surface area contributed by atoms with Crippen LogP contribution in [0.3, 0.4) is 0 Å². The molecule has 2 aliphatic rings. The van der Waals surface area contributed by atoms with E-state index in [2.05, 4.69) is 41.3 Å². The zero-order valence-electron chi connectivity index (χ0n) is 9.61. The highest BCUT2D eigenvalue weighted by atomic mass is 32.2. The van der Waals surface area contributed by atoms with Gasteiger partial charge < -0.3 is 5.32 Å². The van der Waals surface area contributed by atoms with Crippen LogP contribution >= 0.6 is 11.8 Å². The molecule has 2 heteroatoms. The van der Waals surface area contributed by atoms with Gasteiger partial charge in [-0.15, -0.1) is 11.8 Å². The first-order valence-corrected chi connectivity index (χ1v) is 7.31. The minimum atomic E-state index is 0.758. The lowest BCUT2D eigenvalue weighted by Crippen LogP contribution is -2.00. The molecule has 0 bridgehead atoms. The summed E-state index contributed by atoms with van der Waals surface area (Å²) in [6.45, 7) is 0. The van der Waals surface area contributed by atoms with Crippen LogP contribution in [0.15, 0.2) is 29.2 Å². The predicted molar refractivity (Wildman–Crippen MR) is 71.2 cm³/mol. The van der Waals surface area contributed by atoms with Gasteiger partial charge in [-0.2, -0.15) is 0 Å². The molecule has 2 fully saturated rings. The van der Waals surface area contributed by atoms with Crippen molar-refractivity contribution in [1.82, 2.24) is 0 Å². The molecule has 0 unspecified atom stereocenters. The summed E-state index contributed by atoms with van der Waals surface area (Å²) >= 11 is 2.07. The van der Waals surface area contributed by atoms with Gasteiger partial charge in [0.15, 0.2) is 0 Å². The number of benzene rings is 1. The van der Waals surface area contributed by atoms with Gasteiger partial charge in [0.1, 0.15) is 0 Å². The van der Waals surface area contributed by atoms with Crippen LogP contribution in [0.2, 0.25) is 0 Å². The van der Waals surface area contributed by atoms with Crippen LogP contribution < -0.4 is 5.32 Å². The van der Waals surface area contributed by atoms with Crippen LogP contribution in [0.5, 0.6) is 0 Å². The number of anilines is 1. The van der Waals surface area contributed by atoms with Gasteiger partial charge in [-0.3, -0.25) is 0 Å². The molecule has 0 spiro atoms. The number of hydrogen-bond donors (Lipinski definition) is 1. The quantitative estimate of drug-likeness (QED) is 0.832. The van der Waals surface area contributed by atoms with Gasteiger partial charge in [-0.25, -0.2) is 0 Å². The molecule has 2 aliphatic carbocycles. The highest BCUT2D eigenvalue weighted by Crippen LogP contribution is 2.35. The first kappa shape index (κ1) is 10.5. The van der Waals surface area contributed by atoms with Gasteiger partial charge in [0.25, 0.3) is 0 Å². The van der Waals surface area contributed by atoms with Gasteiger partial charge in [0.2, 0.25) is 0 Å². The molecule has 0 atom stereocenters. The van der Waals surface area contributed by atoms with Gasteiger partial charge in [0, 0.05) is 21.9 Å². The summed E-state index contributed by atoms with van der Waals surface area (Å²) in [4.78, 5) is 1.44. The van der Waals surface area contributed by atoms with E-state index in [4.69, 9.17) is 0 Å². The van der Waals surface area contributed by atoms with E-state index in [0.717, 1.165) is 11.3 Å². The number of thioether (sulfide) groups is 1. The normalized spacial score (nSPS) is 21.2. The first-order valence-electron chi connectivity index (χ1n) is 6.43. The van der Waals surface area contributed by atoms with Gasteiger partial charge >= 0.3 is 0 Å². The molecule has 16 heavy (non-hydrogen) atoms. The minimum absolute atomic E-state index is 0.758. The molecule has 0 saturated heterocycles. The standard InChI is InChI=1S/C14H19NS/c1-2-4-13(3-1)16-14-9-7-12(8-10-14)15-11-5-6-11/h7-11,13,15H,1-6H2. The van der Waals surface area contributed by atoms with Crippen LogP contribution in [-0.2, 0) is 0 Å². The molecule has 86 valence electrons. The van der Waals surface area contributed by atoms with Crippen molar-refractivity contribution in [3.63, 3.8) is 0 Å². The van der Waals surface area contributed by atoms with Crippen molar-refractivity contribution < 1.29 is 0 Å². The average Bonchev–Trinajstić information content (AvgIpc) is 2.96. The van der Waals surface area contributed by atoms with Crippen LogP contribution in [-0.4, -0.2) is 11.3 Å². The van der Waals surface area contributed by atoms with E-state index in [1.165, 1.54) is 49.1 Å². The highest BCUT2D eigenvalue weighted by Gasteiger charge is 2.20. The molecule has 0 heterocycles. The Balaban J connectivity index is 1.57. The molecule has 2 saturated carbocycles. The summed E-state index contributed by atoms with van der Waals surface area (Å²) < 4.78 is 0. The van der Waals surface area contributed by atoms with Crippen molar-refractivity contribution in [2.45, 2.75) is 54.7 Å². The second kappa shape index (κ2) is 4.70. The summed E-state index contributed by atoms with van der Waals surface area (Å²) in [7, 11) is 0. The third kappa shape index (κ3) is 2.73. The third-order valence-electron chi connectivity index (χ3n) is 3.41. The minimum Gasteiger partial charge on any atom is -0.382 e. The van der Waals surface area contributed by atoms with Crippen LogP contribution in [0.4, 0.5) is 5.69 Å². The van der Waals surface area contributed by atoms with E-state index >= 15 is 0 Å². The molecule has 0 aromatic heterocycles. The Kier molecular flexibility index (Phi) is 3.09. The summed E-state index contributed by atoms with van der Waals surface area (Å²) in [6, 6.07) is 9.76. The van der Waals surface area contributed by atoms with E-state index < -0.39 is 0 Å². The van der Waals surface area contributed by atoms with Crippen molar-refractivity contribution in [1.29, 1.82) is 0 Å². The third-order valence-corrected chi connectivity index (χ3v) is 4.76. The molecular weight excluding hydrogens is 214 g/mol. The Morgan fingerprint density at radius 3 is 2.25 bits per heavy atom.